The molecule has 0 aliphatic carbocycles. The molecule has 0 aliphatic rings. The molecule has 11 nitrogen and oxygen atoms in total. The number of H-pyrrole nitrogens is 1. The van der Waals surface area contributed by atoms with Crippen molar-refractivity contribution in [3.05, 3.63) is 64.6 Å². The lowest BCUT2D eigenvalue weighted by molar-refractivity contribution is -0.140. The van der Waals surface area contributed by atoms with Gasteiger partial charge in [-0.05, 0) is 35.8 Å². The summed E-state index contributed by atoms with van der Waals surface area (Å²) in [4.78, 5) is 52.9. The number of nitrogens with two attached hydrogens (primary N) is 1. The number of aromatic nitrogens is 3. The van der Waals surface area contributed by atoms with E-state index in [1.54, 1.807) is 29.0 Å². The van der Waals surface area contributed by atoms with Gasteiger partial charge in [-0.25, -0.2) is 4.79 Å². The third-order valence-corrected chi connectivity index (χ3v) is 4.82. The molecule has 2 heterocycles. The highest BCUT2D eigenvalue weighted by molar-refractivity contribution is 5.97. The number of aliphatic carboxylic acids is 2. The number of fused-ring (bicyclic) bond motifs is 1. The van der Waals surface area contributed by atoms with Gasteiger partial charge in [-0.2, -0.15) is 4.98 Å². The number of allylic oxidation sites excluding steroid dienone is 1. The van der Waals surface area contributed by atoms with Crippen LogP contribution in [0.2, 0.25) is 0 Å². The van der Waals surface area contributed by atoms with Crippen molar-refractivity contribution in [3.63, 3.8) is 0 Å². The van der Waals surface area contributed by atoms with Gasteiger partial charge in [-0.15, -0.1) is 0 Å². The van der Waals surface area contributed by atoms with Gasteiger partial charge in [0.25, 0.3) is 11.5 Å². The van der Waals surface area contributed by atoms with Gasteiger partial charge in [-0.1, -0.05) is 18.7 Å². The van der Waals surface area contributed by atoms with Crippen LogP contribution in [-0.2, 0) is 16.1 Å². The molecule has 0 radical (unpaired) electrons. The van der Waals surface area contributed by atoms with Gasteiger partial charge in [-0.3, -0.25) is 14.4 Å². The molecule has 0 spiro atoms. The standard InChI is InChI=1S/C21H21N5O6/c1-11(10-26-9-8-14-17(26)19(30)25-21(22)24-14)12-2-4-13(5-3-12)18(29)23-15(20(31)32)6-7-16(27)28/h2-5,8-9,15H,1,6-7,10H2,(H,23,29)(H,27,28)(H,31,32)(H3,22,24,25,30)/t15-/m0/s1. The van der Waals surface area contributed by atoms with Gasteiger partial charge in [0.2, 0.25) is 5.95 Å². The van der Waals surface area contributed by atoms with Crippen LogP contribution in [0.3, 0.4) is 0 Å². The van der Waals surface area contributed by atoms with Gasteiger partial charge in [0.15, 0.2) is 0 Å². The Bertz CT molecular complexity index is 1260. The lowest BCUT2D eigenvalue weighted by Crippen LogP contribution is -2.41. The lowest BCUT2D eigenvalue weighted by Gasteiger charge is -2.14. The summed E-state index contributed by atoms with van der Waals surface area (Å²) in [5.74, 6) is -3.06. The molecule has 3 rings (SSSR count). The van der Waals surface area contributed by atoms with Crippen LogP contribution < -0.4 is 16.6 Å². The van der Waals surface area contributed by atoms with Gasteiger partial charge in [0.05, 0.1) is 5.52 Å². The number of nitrogens with zero attached hydrogens (tertiary/aromatic N) is 2. The maximum absolute atomic E-state index is 12.3. The Morgan fingerprint density at radius 2 is 1.81 bits per heavy atom. The molecule has 2 aromatic heterocycles. The highest BCUT2D eigenvalue weighted by Gasteiger charge is 2.21. The summed E-state index contributed by atoms with van der Waals surface area (Å²) >= 11 is 0. The van der Waals surface area contributed by atoms with Gasteiger partial charge in [0, 0.05) is 24.7 Å². The Balaban J connectivity index is 1.70. The maximum atomic E-state index is 12.3. The molecule has 6 N–H and O–H groups in total. The summed E-state index contributed by atoms with van der Waals surface area (Å²) in [7, 11) is 0. The summed E-state index contributed by atoms with van der Waals surface area (Å²) in [5.41, 5.74) is 7.60. The number of anilines is 1. The number of rotatable bonds is 9. The summed E-state index contributed by atoms with van der Waals surface area (Å²) in [5, 5.41) is 20.2. The first kappa shape index (κ1) is 22.3. The number of hydrogen-bond donors (Lipinski definition) is 5. The largest absolute Gasteiger partial charge is 0.481 e. The average molecular weight is 439 g/mol. The Labute approximate surface area is 181 Å². The van der Waals surface area contributed by atoms with E-state index < -0.39 is 29.4 Å². The second-order valence-electron chi connectivity index (χ2n) is 7.11. The summed E-state index contributed by atoms with van der Waals surface area (Å²) in [6.45, 7) is 4.32. The normalized spacial score (nSPS) is 11.8. The first-order chi connectivity index (χ1) is 15.2. The van der Waals surface area contributed by atoms with Crippen molar-refractivity contribution >= 4 is 40.4 Å². The number of carbonyl (C=O) groups is 3. The van der Waals surface area contributed by atoms with E-state index in [1.807, 2.05) is 0 Å². The molecule has 1 atom stereocenters. The van der Waals surface area contributed by atoms with Crippen molar-refractivity contribution in [1.82, 2.24) is 19.9 Å². The maximum Gasteiger partial charge on any atom is 0.326 e. The van der Waals surface area contributed by atoms with Crippen LogP contribution in [0.1, 0.15) is 28.8 Å². The fourth-order valence-corrected chi connectivity index (χ4v) is 3.19. The molecule has 1 aromatic carbocycles. The number of carbonyl (C=O) groups excluding carboxylic acids is 1. The molecule has 1 amide bonds. The molecule has 0 bridgehead atoms. The predicted molar refractivity (Wildman–Crippen MR) is 116 cm³/mol. The first-order valence-corrected chi connectivity index (χ1v) is 9.54. The third kappa shape index (κ3) is 5.01. The molecule has 0 fully saturated rings. The van der Waals surface area contributed by atoms with Crippen LogP contribution in [0.15, 0.2) is 47.9 Å². The zero-order valence-corrected chi connectivity index (χ0v) is 16.9. The van der Waals surface area contributed by atoms with Gasteiger partial charge < -0.3 is 30.8 Å². The topological polar surface area (TPSA) is 180 Å². The van der Waals surface area contributed by atoms with Crippen LogP contribution >= 0.6 is 0 Å². The van der Waals surface area contributed by atoms with Crippen molar-refractivity contribution in [2.24, 2.45) is 0 Å². The highest BCUT2D eigenvalue weighted by Crippen LogP contribution is 2.19. The van der Waals surface area contributed by atoms with E-state index in [-0.39, 0.29) is 24.4 Å². The zero-order chi connectivity index (χ0) is 23.4. The third-order valence-electron chi connectivity index (χ3n) is 4.82. The van der Waals surface area contributed by atoms with E-state index in [2.05, 4.69) is 21.9 Å². The molecular weight excluding hydrogens is 418 g/mol. The van der Waals surface area contributed by atoms with Crippen molar-refractivity contribution in [3.8, 4) is 0 Å². The average Bonchev–Trinajstić information content (AvgIpc) is 3.13. The van der Waals surface area contributed by atoms with E-state index >= 15 is 0 Å². The number of nitrogen functional groups attached to an aromatic ring is 1. The second-order valence-corrected chi connectivity index (χ2v) is 7.11. The number of hydrogen-bond acceptors (Lipinski definition) is 6. The van der Waals surface area contributed by atoms with Crippen LogP contribution in [0.5, 0.6) is 0 Å². The number of nitrogens with one attached hydrogen (secondary N) is 2. The fourth-order valence-electron chi connectivity index (χ4n) is 3.19. The van der Waals surface area contributed by atoms with Gasteiger partial charge in [0.1, 0.15) is 11.6 Å². The fraction of sp³-hybridized carbons (Fsp3) is 0.190. The van der Waals surface area contributed by atoms with Crippen molar-refractivity contribution in [2.45, 2.75) is 25.4 Å². The smallest absolute Gasteiger partial charge is 0.326 e. The summed E-state index contributed by atoms with van der Waals surface area (Å²) < 4.78 is 1.68. The summed E-state index contributed by atoms with van der Waals surface area (Å²) in [6, 6.07) is 6.71. The van der Waals surface area contributed by atoms with Crippen molar-refractivity contribution in [2.75, 3.05) is 5.73 Å². The Morgan fingerprint density at radius 3 is 2.44 bits per heavy atom. The highest BCUT2D eigenvalue weighted by atomic mass is 16.4. The summed E-state index contributed by atoms with van der Waals surface area (Å²) in [6.07, 6.45) is 1.10. The quantitative estimate of drug-likeness (QED) is 0.328. The number of amides is 1. The minimum atomic E-state index is -1.31. The van der Waals surface area contributed by atoms with E-state index in [0.717, 1.165) is 0 Å². The minimum Gasteiger partial charge on any atom is -0.481 e. The van der Waals surface area contributed by atoms with Crippen LogP contribution in [0.25, 0.3) is 16.6 Å². The van der Waals surface area contributed by atoms with Gasteiger partial charge >= 0.3 is 11.9 Å². The van der Waals surface area contributed by atoms with Crippen molar-refractivity contribution in [1.29, 1.82) is 0 Å². The molecule has 0 aliphatic heterocycles. The number of carboxylic acids is 2. The Kier molecular flexibility index (Phi) is 6.38. The van der Waals surface area contributed by atoms with E-state index in [0.29, 0.717) is 28.7 Å². The number of aromatic amines is 1. The molecule has 0 saturated carbocycles. The first-order valence-electron chi connectivity index (χ1n) is 9.54. The van der Waals surface area contributed by atoms with E-state index in [1.165, 1.54) is 12.1 Å². The Morgan fingerprint density at radius 1 is 1.16 bits per heavy atom. The number of carboxylic acid groups (broad SMARTS) is 2. The predicted octanol–water partition coefficient (Wildman–Crippen LogP) is 1.07. The molecule has 166 valence electrons. The molecule has 11 heteroatoms. The van der Waals surface area contributed by atoms with E-state index in [4.69, 9.17) is 10.8 Å². The zero-order valence-electron chi connectivity index (χ0n) is 16.9. The molecular formula is C21H21N5O6. The molecule has 32 heavy (non-hydrogen) atoms. The molecule has 0 unspecified atom stereocenters. The van der Waals surface area contributed by atoms with Crippen LogP contribution in [0.4, 0.5) is 5.95 Å². The number of benzene rings is 1. The van der Waals surface area contributed by atoms with E-state index in [9.17, 15) is 24.3 Å². The molecule has 0 saturated heterocycles. The van der Waals surface area contributed by atoms with Crippen LogP contribution in [0, 0.1) is 0 Å². The minimum absolute atomic E-state index is 0.0287. The monoisotopic (exact) mass is 439 g/mol. The SMILES string of the molecule is C=C(Cn1ccc2[nH]c(N)nc(=O)c21)c1ccc(C(=O)N[C@@H](CCC(=O)O)C(=O)O)cc1. The second kappa shape index (κ2) is 9.16. The molecule has 3 aromatic rings. The van der Waals surface area contributed by atoms with Crippen LogP contribution in [-0.4, -0.2) is 48.6 Å². The Hall–Kier alpha value is -4.41. The van der Waals surface area contributed by atoms with Crippen molar-refractivity contribution < 1.29 is 24.6 Å². The lowest BCUT2D eigenvalue weighted by atomic mass is 10.0.